The molecule has 21 heavy (non-hydrogen) atoms. The fraction of sp³-hybridized carbons (Fsp3) is 0.235. The molecule has 2 aromatic carbocycles. The number of aryl methyl sites for hydroxylation is 1. The average Bonchev–Trinajstić information content (AvgIpc) is 2.50. The molecule has 0 aliphatic heterocycles. The molecule has 0 atom stereocenters. The van der Waals surface area contributed by atoms with Crippen molar-refractivity contribution in [2.24, 2.45) is 0 Å². The fourth-order valence-electron chi connectivity index (χ4n) is 2.06. The quantitative estimate of drug-likeness (QED) is 0.798. The minimum absolute atomic E-state index is 0.0373. The summed E-state index contributed by atoms with van der Waals surface area (Å²) in [4.78, 5) is 12.0. The van der Waals surface area contributed by atoms with Gasteiger partial charge in [-0.15, -0.1) is 0 Å². The van der Waals surface area contributed by atoms with Crippen LogP contribution < -0.4 is 4.74 Å². The van der Waals surface area contributed by atoms with E-state index in [1.165, 1.54) is 6.07 Å². The maximum Gasteiger partial charge on any atom is 0.142 e. The van der Waals surface area contributed by atoms with Gasteiger partial charge in [-0.1, -0.05) is 35.9 Å². The van der Waals surface area contributed by atoms with Crippen LogP contribution in [0.1, 0.15) is 17.5 Å². The first kappa shape index (κ1) is 15.5. The molecule has 0 aliphatic rings. The number of carbonyl (C=O) groups excluding carboxylic acids is 1. The molecule has 0 radical (unpaired) electrons. The van der Waals surface area contributed by atoms with Gasteiger partial charge in [0.15, 0.2) is 0 Å². The van der Waals surface area contributed by atoms with Crippen molar-refractivity contribution in [1.29, 1.82) is 0 Å². The van der Waals surface area contributed by atoms with Gasteiger partial charge in [0.1, 0.15) is 17.3 Å². The first-order chi connectivity index (χ1) is 10.1. The Morgan fingerprint density at radius 2 is 1.90 bits per heavy atom. The summed E-state index contributed by atoms with van der Waals surface area (Å²) in [5.74, 6) is 0.340. The number of Topliss-reactive ketones (excluding diaryl/α,β-unsaturated/α-hetero) is 1. The maximum absolute atomic E-state index is 13.3. The zero-order valence-electron chi connectivity index (χ0n) is 11.7. The van der Waals surface area contributed by atoms with E-state index >= 15 is 0 Å². The Kier molecular flexibility index (Phi) is 5.34. The second-order valence-corrected chi connectivity index (χ2v) is 5.15. The molecule has 0 fully saturated rings. The van der Waals surface area contributed by atoms with Crippen LogP contribution in [-0.4, -0.2) is 12.9 Å². The molecule has 0 aliphatic carbocycles. The highest BCUT2D eigenvalue weighted by Crippen LogP contribution is 2.21. The van der Waals surface area contributed by atoms with Crippen LogP contribution in [0, 0.1) is 5.82 Å². The number of benzene rings is 2. The Bertz CT molecular complexity index is 623. The molecule has 0 amide bonds. The molecule has 110 valence electrons. The smallest absolute Gasteiger partial charge is 0.142 e. The molecule has 2 nitrogen and oxygen atoms in total. The summed E-state index contributed by atoms with van der Waals surface area (Å²) in [6.45, 7) is 0. The van der Waals surface area contributed by atoms with Gasteiger partial charge in [0, 0.05) is 12.8 Å². The Morgan fingerprint density at radius 3 is 2.57 bits per heavy atom. The summed E-state index contributed by atoms with van der Waals surface area (Å²) in [6, 6.07) is 12.1. The van der Waals surface area contributed by atoms with Gasteiger partial charge in [0.2, 0.25) is 0 Å². The minimum Gasteiger partial charge on any atom is -0.497 e. The zero-order valence-corrected chi connectivity index (χ0v) is 12.5. The zero-order chi connectivity index (χ0) is 15.2. The number of rotatable bonds is 6. The number of carbonyl (C=O) groups is 1. The van der Waals surface area contributed by atoms with Crippen LogP contribution in [-0.2, 0) is 17.6 Å². The molecule has 4 heteroatoms. The lowest BCUT2D eigenvalue weighted by atomic mass is 10.0. The highest BCUT2D eigenvalue weighted by Gasteiger charge is 2.10. The van der Waals surface area contributed by atoms with Gasteiger partial charge in [-0.3, -0.25) is 4.79 Å². The van der Waals surface area contributed by atoms with E-state index in [2.05, 4.69) is 0 Å². The lowest BCUT2D eigenvalue weighted by Crippen LogP contribution is -2.05. The Morgan fingerprint density at radius 1 is 1.19 bits per heavy atom. The summed E-state index contributed by atoms with van der Waals surface area (Å²) in [5, 5.41) is 0.0373. The van der Waals surface area contributed by atoms with Crippen LogP contribution >= 0.6 is 11.6 Å². The monoisotopic (exact) mass is 306 g/mol. The van der Waals surface area contributed by atoms with E-state index in [9.17, 15) is 9.18 Å². The van der Waals surface area contributed by atoms with E-state index < -0.39 is 5.82 Å². The van der Waals surface area contributed by atoms with E-state index in [-0.39, 0.29) is 17.2 Å². The third-order valence-corrected chi connectivity index (χ3v) is 3.69. The largest absolute Gasteiger partial charge is 0.497 e. The van der Waals surface area contributed by atoms with Crippen molar-refractivity contribution < 1.29 is 13.9 Å². The first-order valence-corrected chi connectivity index (χ1v) is 7.05. The minimum atomic E-state index is -0.489. The molecule has 0 saturated heterocycles. The van der Waals surface area contributed by atoms with Crippen LogP contribution in [0.25, 0.3) is 0 Å². The van der Waals surface area contributed by atoms with Gasteiger partial charge in [0.05, 0.1) is 12.1 Å². The average molecular weight is 307 g/mol. The first-order valence-electron chi connectivity index (χ1n) is 6.67. The van der Waals surface area contributed by atoms with Gasteiger partial charge in [-0.2, -0.15) is 0 Å². The summed E-state index contributed by atoms with van der Waals surface area (Å²) in [7, 11) is 1.61. The van der Waals surface area contributed by atoms with Crippen molar-refractivity contribution in [2.45, 2.75) is 19.3 Å². The summed E-state index contributed by atoms with van der Waals surface area (Å²) in [6.07, 6.45) is 1.21. The van der Waals surface area contributed by atoms with Crippen LogP contribution in [0.3, 0.4) is 0 Å². The third-order valence-electron chi connectivity index (χ3n) is 3.27. The predicted octanol–water partition coefficient (Wildman–Crippen LogP) is 4.23. The van der Waals surface area contributed by atoms with E-state index in [1.807, 2.05) is 24.3 Å². The Hall–Kier alpha value is -1.87. The molecule has 0 aromatic heterocycles. The lowest BCUT2D eigenvalue weighted by molar-refractivity contribution is -0.118. The van der Waals surface area contributed by atoms with Crippen molar-refractivity contribution in [3.63, 3.8) is 0 Å². The van der Waals surface area contributed by atoms with Crippen LogP contribution in [0.2, 0.25) is 5.02 Å². The predicted molar refractivity (Wildman–Crippen MR) is 81.4 cm³/mol. The summed E-state index contributed by atoms with van der Waals surface area (Å²) < 4.78 is 18.4. The van der Waals surface area contributed by atoms with E-state index in [0.29, 0.717) is 18.4 Å². The van der Waals surface area contributed by atoms with Gasteiger partial charge >= 0.3 is 0 Å². The van der Waals surface area contributed by atoms with Crippen molar-refractivity contribution in [1.82, 2.24) is 0 Å². The van der Waals surface area contributed by atoms with Crippen LogP contribution in [0.5, 0.6) is 5.75 Å². The number of ether oxygens (including phenoxy) is 1. The standard InChI is InChI=1S/C17H16ClFO2/c1-21-15-9-6-12(7-10-15)5-8-14(20)11-13-3-2-4-16(19)17(13)18/h2-4,6-7,9-10H,5,8,11H2,1H3. The Balaban J connectivity index is 1.91. The molecular weight excluding hydrogens is 291 g/mol. The van der Waals surface area contributed by atoms with Crippen molar-refractivity contribution in [3.8, 4) is 5.75 Å². The van der Waals surface area contributed by atoms with Crippen molar-refractivity contribution >= 4 is 17.4 Å². The Labute approximate surface area is 128 Å². The van der Waals surface area contributed by atoms with Gasteiger partial charge in [0.25, 0.3) is 0 Å². The topological polar surface area (TPSA) is 26.3 Å². The summed E-state index contributed by atoms with van der Waals surface area (Å²) >= 11 is 5.85. The molecule has 2 rings (SSSR count). The van der Waals surface area contributed by atoms with Crippen molar-refractivity contribution in [3.05, 3.63) is 64.4 Å². The number of halogens is 2. The molecule has 0 spiro atoms. The van der Waals surface area contributed by atoms with Crippen molar-refractivity contribution in [2.75, 3.05) is 7.11 Å². The summed E-state index contributed by atoms with van der Waals surface area (Å²) in [5.41, 5.74) is 1.60. The maximum atomic E-state index is 13.3. The number of methoxy groups -OCH3 is 1. The fourth-order valence-corrected chi connectivity index (χ4v) is 2.25. The molecular formula is C17H16ClFO2. The van der Waals surface area contributed by atoms with E-state index in [4.69, 9.17) is 16.3 Å². The molecule has 0 saturated carbocycles. The van der Waals surface area contributed by atoms with Crippen LogP contribution in [0.15, 0.2) is 42.5 Å². The molecule has 0 bridgehead atoms. The number of hydrogen-bond donors (Lipinski definition) is 0. The molecule has 0 heterocycles. The highest BCUT2D eigenvalue weighted by atomic mass is 35.5. The lowest BCUT2D eigenvalue weighted by Gasteiger charge is -2.05. The van der Waals surface area contributed by atoms with E-state index in [1.54, 1.807) is 19.2 Å². The van der Waals surface area contributed by atoms with Gasteiger partial charge in [-0.05, 0) is 35.7 Å². The van der Waals surface area contributed by atoms with Gasteiger partial charge < -0.3 is 4.74 Å². The second-order valence-electron chi connectivity index (χ2n) is 4.78. The van der Waals surface area contributed by atoms with Gasteiger partial charge in [-0.25, -0.2) is 4.39 Å². The third kappa shape index (κ3) is 4.30. The SMILES string of the molecule is COc1ccc(CCC(=O)Cc2cccc(F)c2Cl)cc1. The normalized spacial score (nSPS) is 10.4. The molecule has 0 N–H and O–H groups in total. The number of ketones is 1. The van der Waals surface area contributed by atoms with E-state index in [0.717, 1.165) is 11.3 Å². The number of hydrogen-bond acceptors (Lipinski definition) is 2. The van der Waals surface area contributed by atoms with Crippen LogP contribution in [0.4, 0.5) is 4.39 Å². The molecule has 0 unspecified atom stereocenters. The highest BCUT2D eigenvalue weighted by molar-refractivity contribution is 6.31. The second kappa shape index (κ2) is 7.23. The molecule has 2 aromatic rings.